The van der Waals surface area contributed by atoms with Crippen LogP contribution in [-0.4, -0.2) is 21.6 Å². The summed E-state index contributed by atoms with van der Waals surface area (Å²) in [5, 5.41) is 12.9. The number of benzene rings is 2. The molecule has 0 atom stereocenters. The molecule has 1 heterocycles. The quantitative estimate of drug-likeness (QED) is 0.710. The highest BCUT2D eigenvalue weighted by Crippen LogP contribution is 2.31. The van der Waals surface area contributed by atoms with Crippen molar-refractivity contribution in [3.8, 4) is 0 Å². The van der Waals surface area contributed by atoms with Gasteiger partial charge in [0.15, 0.2) is 0 Å². The molecule has 0 unspecified atom stereocenters. The summed E-state index contributed by atoms with van der Waals surface area (Å²) in [7, 11) is 1.86. The Kier molecular flexibility index (Phi) is 4.70. The minimum Gasteiger partial charge on any atom is -0.481 e. The maximum Gasteiger partial charge on any atom is 0.307 e. The number of para-hydroxylation sites is 1. The van der Waals surface area contributed by atoms with Crippen LogP contribution in [0.2, 0.25) is 10.0 Å². The number of hydrogen-bond donors (Lipinski definition) is 2. The van der Waals surface area contributed by atoms with Crippen LogP contribution >= 0.6 is 23.2 Å². The standard InChI is InChI=1S/C18H14Cl2N2O3/c1-22-9-12(11-4-2-3-5-16(11)22)18(25)21-15-8-13(19)10(6-14(15)20)7-17(23)24/h2-6,8-9H,7H2,1H3,(H,21,25)(H,23,24). The van der Waals surface area contributed by atoms with Gasteiger partial charge in [-0.2, -0.15) is 0 Å². The molecule has 3 rings (SSSR count). The molecule has 0 saturated carbocycles. The third-order valence-electron chi connectivity index (χ3n) is 3.87. The zero-order valence-electron chi connectivity index (χ0n) is 13.2. The minimum absolute atomic E-state index is 0.231. The van der Waals surface area contributed by atoms with Crippen molar-refractivity contribution in [1.29, 1.82) is 0 Å². The second-order valence-corrected chi connectivity index (χ2v) is 6.43. The first-order valence-corrected chi connectivity index (χ1v) is 8.17. The number of aliphatic carboxylic acids is 1. The van der Waals surface area contributed by atoms with Crippen LogP contribution < -0.4 is 5.32 Å². The lowest BCUT2D eigenvalue weighted by Gasteiger charge is -2.10. The molecular formula is C18H14Cl2N2O3. The lowest BCUT2D eigenvalue weighted by Crippen LogP contribution is -2.12. The van der Waals surface area contributed by atoms with Crippen LogP contribution in [0.15, 0.2) is 42.6 Å². The van der Waals surface area contributed by atoms with E-state index in [9.17, 15) is 9.59 Å². The molecule has 0 aliphatic rings. The van der Waals surface area contributed by atoms with E-state index in [1.807, 2.05) is 35.9 Å². The largest absolute Gasteiger partial charge is 0.481 e. The summed E-state index contributed by atoms with van der Waals surface area (Å²) in [6.07, 6.45) is 1.50. The van der Waals surface area contributed by atoms with E-state index in [0.717, 1.165) is 10.9 Å². The molecule has 7 heteroatoms. The molecule has 0 saturated heterocycles. The van der Waals surface area contributed by atoms with Gasteiger partial charge in [-0.3, -0.25) is 9.59 Å². The number of carboxylic acid groups (broad SMARTS) is 1. The van der Waals surface area contributed by atoms with Crippen molar-refractivity contribution < 1.29 is 14.7 Å². The number of anilines is 1. The first-order valence-electron chi connectivity index (χ1n) is 7.42. The van der Waals surface area contributed by atoms with Crippen LogP contribution in [0.5, 0.6) is 0 Å². The van der Waals surface area contributed by atoms with Gasteiger partial charge in [0, 0.05) is 29.2 Å². The first kappa shape index (κ1) is 17.3. The molecule has 2 N–H and O–H groups in total. The Morgan fingerprint density at radius 3 is 2.60 bits per heavy atom. The molecule has 5 nitrogen and oxygen atoms in total. The van der Waals surface area contributed by atoms with E-state index in [2.05, 4.69) is 5.32 Å². The molecule has 0 radical (unpaired) electrons. The lowest BCUT2D eigenvalue weighted by molar-refractivity contribution is -0.136. The Morgan fingerprint density at radius 1 is 1.16 bits per heavy atom. The molecule has 2 aromatic carbocycles. The van der Waals surface area contributed by atoms with E-state index in [0.29, 0.717) is 16.8 Å². The zero-order chi connectivity index (χ0) is 18.1. The van der Waals surface area contributed by atoms with Crippen molar-refractivity contribution in [2.75, 3.05) is 5.32 Å². The molecule has 25 heavy (non-hydrogen) atoms. The van der Waals surface area contributed by atoms with Crippen molar-refractivity contribution in [1.82, 2.24) is 4.57 Å². The zero-order valence-corrected chi connectivity index (χ0v) is 14.7. The van der Waals surface area contributed by atoms with Crippen LogP contribution in [-0.2, 0) is 18.3 Å². The molecule has 0 aliphatic carbocycles. The first-order chi connectivity index (χ1) is 11.9. The number of fused-ring (bicyclic) bond motifs is 1. The lowest BCUT2D eigenvalue weighted by atomic mass is 10.1. The summed E-state index contributed by atoms with van der Waals surface area (Å²) in [4.78, 5) is 23.5. The van der Waals surface area contributed by atoms with Gasteiger partial charge in [-0.25, -0.2) is 0 Å². The number of carboxylic acids is 1. The second kappa shape index (κ2) is 6.78. The number of nitrogens with one attached hydrogen (secondary N) is 1. The third kappa shape index (κ3) is 3.48. The van der Waals surface area contributed by atoms with Gasteiger partial charge in [-0.05, 0) is 23.8 Å². The summed E-state index contributed by atoms with van der Waals surface area (Å²) < 4.78 is 1.87. The predicted octanol–water partition coefficient (Wildman–Crippen LogP) is 4.36. The number of halogens is 2. The van der Waals surface area contributed by atoms with Crippen LogP contribution in [0.1, 0.15) is 15.9 Å². The number of aromatic nitrogens is 1. The maximum absolute atomic E-state index is 12.6. The van der Waals surface area contributed by atoms with E-state index < -0.39 is 5.97 Å². The van der Waals surface area contributed by atoms with Gasteiger partial charge in [0.05, 0.1) is 22.7 Å². The van der Waals surface area contributed by atoms with Crippen molar-refractivity contribution >= 4 is 51.7 Å². The Bertz CT molecular complexity index is 995. The fraction of sp³-hybridized carbons (Fsp3) is 0.111. The summed E-state index contributed by atoms with van der Waals surface area (Å²) in [6, 6.07) is 10.5. The van der Waals surface area contributed by atoms with Gasteiger partial charge in [0.1, 0.15) is 0 Å². The summed E-state index contributed by atoms with van der Waals surface area (Å²) in [5.74, 6) is -1.33. The van der Waals surface area contributed by atoms with Crippen LogP contribution in [0.25, 0.3) is 10.9 Å². The number of rotatable bonds is 4. The normalized spacial score (nSPS) is 10.8. The van der Waals surface area contributed by atoms with Gasteiger partial charge in [-0.1, -0.05) is 41.4 Å². The third-order valence-corrected chi connectivity index (χ3v) is 4.53. The Labute approximate surface area is 153 Å². The topological polar surface area (TPSA) is 71.3 Å². The average Bonchev–Trinajstić information content (AvgIpc) is 2.89. The van der Waals surface area contributed by atoms with Crippen LogP contribution in [0, 0.1) is 0 Å². The van der Waals surface area contributed by atoms with E-state index in [1.165, 1.54) is 12.1 Å². The van der Waals surface area contributed by atoms with E-state index in [4.69, 9.17) is 28.3 Å². The van der Waals surface area contributed by atoms with Crippen molar-refractivity contribution in [3.05, 3.63) is 63.8 Å². The van der Waals surface area contributed by atoms with Gasteiger partial charge in [0.2, 0.25) is 0 Å². The monoisotopic (exact) mass is 376 g/mol. The molecule has 1 aromatic heterocycles. The van der Waals surface area contributed by atoms with Gasteiger partial charge < -0.3 is 15.0 Å². The number of hydrogen-bond acceptors (Lipinski definition) is 2. The highest BCUT2D eigenvalue weighted by atomic mass is 35.5. The molecule has 0 aliphatic heterocycles. The van der Waals surface area contributed by atoms with Crippen LogP contribution in [0.4, 0.5) is 5.69 Å². The highest BCUT2D eigenvalue weighted by Gasteiger charge is 2.16. The predicted molar refractivity (Wildman–Crippen MR) is 98.7 cm³/mol. The van der Waals surface area contributed by atoms with Gasteiger partial charge in [-0.15, -0.1) is 0 Å². The fourth-order valence-electron chi connectivity index (χ4n) is 2.69. The number of aryl methyl sites for hydroxylation is 1. The summed E-state index contributed by atoms with van der Waals surface area (Å²) in [6.45, 7) is 0. The maximum atomic E-state index is 12.6. The molecule has 1 amide bonds. The molecule has 0 fully saturated rings. The number of carbonyl (C=O) groups excluding carboxylic acids is 1. The number of amides is 1. The Hall–Kier alpha value is -2.50. The van der Waals surface area contributed by atoms with Crippen LogP contribution in [0.3, 0.4) is 0 Å². The second-order valence-electron chi connectivity index (χ2n) is 5.62. The van der Waals surface area contributed by atoms with Crippen molar-refractivity contribution in [2.24, 2.45) is 7.05 Å². The minimum atomic E-state index is -1.01. The Balaban J connectivity index is 1.93. The molecule has 0 spiro atoms. The van der Waals surface area contributed by atoms with E-state index in [-0.39, 0.29) is 22.4 Å². The summed E-state index contributed by atoms with van der Waals surface area (Å²) >= 11 is 12.3. The molecule has 128 valence electrons. The van der Waals surface area contributed by atoms with E-state index >= 15 is 0 Å². The molecular weight excluding hydrogens is 363 g/mol. The van der Waals surface area contributed by atoms with Crippen molar-refractivity contribution in [3.63, 3.8) is 0 Å². The van der Waals surface area contributed by atoms with E-state index in [1.54, 1.807) is 6.20 Å². The fourth-order valence-corrected chi connectivity index (χ4v) is 3.16. The molecule has 0 bridgehead atoms. The average molecular weight is 377 g/mol. The Morgan fingerprint density at radius 2 is 1.88 bits per heavy atom. The highest BCUT2D eigenvalue weighted by molar-refractivity contribution is 6.36. The molecule has 3 aromatic rings. The summed E-state index contributed by atoms with van der Waals surface area (Å²) in [5.41, 5.74) is 2.18. The number of nitrogens with zero attached hydrogens (tertiary/aromatic N) is 1. The van der Waals surface area contributed by atoms with Crippen molar-refractivity contribution in [2.45, 2.75) is 6.42 Å². The smallest absolute Gasteiger partial charge is 0.307 e. The SMILES string of the molecule is Cn1cc(C(=O)Nc2cc(Cl)c(CC(=O)O)cc2Cl)c2ccccc21. The number of carbonyl (C=O) groups is 2. The van der Waals surface area contributed by atoms with Gasteiger partial charge >= 0.3 is 5.97 Å². The van der Waals surface area contributed by atoms with Gasteiger partial charge in [0.25, 0.3) is 5.91 Å².